The van der Waals surface area contributed by atoms with E-state index in [0.29, 0.717) is 0 Å². The van der Waals surface area contributed by atoms with Crippen molar-refractivity contribution in [2.45, 2.75) is 59.8 Å². The van der Waals surface area contributed by atoms with Crippen molar-refractivity contribution in [3.05, 3.63) is 50.7 Å². The average Bonchev–Trinajstić information content (AvgIpc) is 3.08. The number of hydrogen-bond donors (Lipinski definition) is 2. The molecule has 0 spiro atoms. The second-order valence-electron chi connectivity index (χ2n) is 7.07. The Bertz CT molecular complexity index is 819. The summed E-state index contributed by atoms with van der Waals surface area (Å²) in [5, 5.41) is 14.8. The minimum absolute atomic E-state index is 0.0409. The van der Waals surface area contributed by atoms with Crippen molar-refractivity contribution in [3.63, 3.8) is 0 Å². The number of hydrazone groups is 1. The largest absolute Gasteiger partial charge is 0.507 e. The number of rotatable bonds is 6. The van der Waals surface area contributed by atoms with E-state index in [-0.39, 0.29) is 23.1 Å². The lowest BCUT2D eigenvalue weighted by molar-refractivity contribution is 0.0952. The van der Waals surface area contributed by atoms with Crippen LogP contribution in [0, 0.1) is 0 Å². The number of nitrogens with one attached hydrogen (secondary N) is 1. The van der Waals surface area contributed by atoms with Gasteiger partial charge in [-0.3, -0.25) is 4.79 Å². The summed E-state index contributed by atoms with van der Waals surface area (Å²) in [7, 11) is 0. The molecule has 0 fully saturated rings. The van der Waals surface area contributed by atoms with Crippen molar-refractivity contribution in [1.29, 1.82) is 0 Å². The van der Waals surface area contributed by atoms with E-state index in [0.717, 1.165) is 28.1 Å². The second kappa shape index (κ2) is 8.49. The molecular formula is C21H28N2O2S. The van der Waals surface area contributed by atoms with E-state index in [1.807, 2.05) is 32.9 Å². The third-order valence-electron chi connectivity index (χ3n) is 4.39. The van der Waals surface area contributed by atoms with E-state index in [4.69, 9.17) is 0 Å². The number of hydrogen-bond acceptors (Lipinski definition) is 4. The van der Waals surface area contributed by atoms with Gasteiger partial charge in [-0.05, 0) is 54.5 Å². The normalized spacial score (nSPS) is 12.1. The lowest BCUT2D eigenvalue weighted by atomic mass is 9.92. The van der Waals surface area contributed by atoms with Crippen molar-refractivity contribution < 1.29 is 9.90 Å². The fourth-order valence-electron chi connectivity index (χ4n) is 2.64. The molecule has 1 aromatic heterocycles. The van der Waals surface area contributed by atoms with Crippen molar-refractivity contribution in [2.24, 2.45) is 5.10 Å². The summed E-state index contributed by atoms with van der Waals surface area (Å²) in [5.41, 5.74) is 5.44. The minimum atomic E-state index is -0.390. The number of nitrogens with zero attached hydrogens (tertiary/aromatic N) is 1. The molecule has 2 N–H and O–H groups in total. The van der Waals surface area contributed by atoms with Gasteiger partial charge in [0.15, 0.2) is 0 Å². The SMILES string of the molecule is CCc1ccc(C(C)=NNC(=O)c2cc(C(C)C)cc(C(C)C)c2O)s1. The molecule has 0 atom stereocenters. The fraction of sp³-hybridized carbons (Fsp3) is 0.429. The second-order valence-corrected chi connectivity index (χ2v) is 8.24. The van der Waals surface area contributed by atoms with Crippen LogP contribution in [-0.2, 0) is 6.42 Å². The Labute approximate surface area is 160 Å². The molecule has 0 aliphatic carbocycles. The zero-order chi connectivity index (χ0) is 19.4. The van der Waals surface area contributed by atoms with Crippen LogP contribution in [0.5, 0.6) is 5.75 Å². The number of carbonyl (C=O) groups is 1. The molecule has 0 saturated heterocycles. The molecule has 0 aliphatic heterocycles. The molecule has 1 amide bonds. The predicted molar refractivity (Wildman–Crippen MR) is 110 cm³/mol. The lowest BCUT2D eigenvalue weighted by Crippen LogP contribution is -2.20. The summed E-state index contributed by atoms with van der Waals surface area (Å²) in [6, 6.07) is 7.83. The standard InChI is InChI=1S/C21H28N2O2S/c1-7-16-8-9-19(26-16)14(6)22-23-21(25)18-11-15(12(2)3)10-17(13(4)5)20(18)24/h8-13,24H,7H2,1-6H3,(H,23,25). The van der Waals surface area contributed by atoms with Gasteiger partial charge in [-0.2, -0.15) is 5.10 Å². The van der Waals surface area contributed by atoms with Crippen molar-refractivity contribution in [3.8, 4) is 5.75 Å². The molecule has 0 radical (unpaired) electrons. The topological polar surface area (TPSA) is 61.7 Å². The molecule has 5 heteroatoms. The number of carbonyl (C=O) groups excluding carboxylic acids is 1. The molecule has 1 heterocycles. The quantitative estimate of drug-likeness (QED) is 0.525. The number of phenols is 1. The number of aromatic hydroxyl groups is 1. The van der Waals surface area contributed by atoms with Crippen molar-refractivity contribution >= 4 is 23.0 Å². The molecule has 2 aromatic rings. The van der Waals surface area contributed by atoms with Crippen molar-refractivity contribution in [2.75, 3.05) is 0 Å². The summed E-state index contributed by atoms with van der Waals surface area (Å²) in [5.74, 6) is 0.0465. The molecule has 1 aromatic carbocycles. The third-order valence-corrected chi connectivity index (χ3v) is 5.73. The highest BCUT2D eigenvalue weighted by Crippen LogP contribution is 2.33. The van der Waals surface area contributed by atoms with Gasteiger partial charge in [0.1, 0.15) is 5.75 Å². The summed E-state index contributed by atoms with van der Waals surface area (Å²) < 4.78 is 0. The lowest BCUT2D eigenvalue weighted by Gasteiger charge is -2.16. The van der Waals surface area contributed by atoms with E-state index < -0.39 is 5.91 Å². The maximum atomic E-state index is 12.6. The summed E-state index contributed by atoms with van der Waals surface area (Å²) >= 11 is 1.67. The van der Waals surface area contributed by atoms with Gasteiger partial charge < -0.3 is 5.11 Å². The maximum absolute atomic E-state index is 12.6. The smallest absolute Gasteiger partial charge is 0.275 e. The van der Waals surface area contributed by atoms with Crippen LogP contribution in [0.25, 0.3) is 0 Å². The Hall–Kier alpha value is -2.14. The zero-order valence-corrected chi connectivity index (χ0v) is 17.2. The van der Waals surface area contributed by atoms with Crippen molar-refractivity contribution in [1.82, 2.24) is 5.43 Å². The first kappa shape index (κ1) is 20.2. The fourth-order valence-corrected chi connectivity index (χ4v) is 3.53. The first-order valence-corrected chi connectivity index (χ1v) is 9.86. The van der Waals surface area contributed by atoms with E-state index in [1.165, 1.54) is 4.88 Å². The number of phenolic OH excluding ortho intramolecular Hbond substituents is 1. The van der Waals surface area contributed by atoms with Gasteiger partial charge >= 0.3 is 0 Å². The number of thiophene rings is 1. The number of amides is 1. The van der Waals surface area contributed by atoms with Crippen LogP contribution in [0.2, 0.25) is 0 Å². The van der Waals surface area contributed by atoms with E-state index in [9.17, 15) is 9.90 Å². The molecule has 26 heavy (non-hydrogen) atoms. The Morgan fingerprint density at radius 1 is 1.19 bits per heavy atom. The van der Waals surface area contributed by atoms with Gasteiger partial charge in [-0.1, -0.05) is 40.7 Å². The first-order valence-electron chi connectivity index (χ1n) is 9.05. The number of benzene rings is 1. The van der Waals surface area contributed by atoms with E-state index >= 15 is 0 Å². The van der Waals surface area contributed by atoms with E-state index in [1.54, 1.807) is 17.4 Å². The van der Waals surface area contributed by atoms with Crippen LogP contribution in [0.15, 0.2) is 29.4 Å². The monoisotopic (exact) mass is 372 g/mol. The molecule has 0 unspecified atom stereocenters. The summed E-state index contributed by atoms with van der Waals surface area (Å²) in [4.78, 5) is 15.0. The van der Waals surface area contributed by atoms with Gasteiger partial charge in [0, 0.05) is 4.88 Å². The summed E-state index contributed by atoms with van der Waals surface area (Å²) in [6.45, 7) is 12.1. The Morgan fingerprint density at radius 2 is 1.88 bits per heavy atom. The molecule has 4 nitrogen and oxygen atoms in total. The predicted octanol–water partition coefficient (Wildman–Crippen LogP) is 5.42. The third kappa shape index (κ3) is 4.52. The van der Waals surface area contributed by atoms with Crippen LogP contribution in [0.1, 0.15) is 84.6 Å². The molecule has 0 saturated carbocycles. The molecule has 0 aliphatic rings. The van der Waals surface area contributed by atoms with Crippen LogP contribution < -0.4 is 5.43 Å². The van der Waals surface area contributed by atoms with Gasteiger partial charge in [0.05, 0.1) is 16.2 Å². The van der Waals surface area contributed by atoms with Crippen LogP contribution in [0.4, 0.5) is 0 Å². The Kier molecular flexibility index (Phi) is 6.59. The van der Waals surface area contributed by atoms with Crippen LogP contribution in [-0.4, -0.2) is 16.7 Å². The van der Waals surface area contributed by atoms with Crippen LogP contribution >= 0.6 is 11.3 Å². The van der Waals surface area contributed by atoms with Gasteiger partial charge in [-0.15, -0.1) is 11.3 Å². The highest BCUT2D eigenvalue weighted by molar-refractivity contribution is 7.14. The van der Waals surface area contributed by atoms with Crippen LogP contribution in [0.3, 0.4) is 0 Å². The van der Waals surface area contributed by atoms with Gasteiger partial charge in [-0.25, -0.2) is 5.43 Å². The zero-order valence-electron chi connectivity index (χ0n) is 16.4. The maximum Gasteiger partial charge on any atom is 0.275 e. The highest BCUT2D eigenvalue weighted by atomic mass is 32.1. The van der Waals surface area contributed by atoms with E-state index in [2.05, 4.69) is 37.4 Å². The molecule has 0 bridgehead atoms. The summed E-state index contributed by atoms with van der Waals surface area (Å²) in [6.07, 6.45) is 0.984. The molecule has 140 valence electrons. The number of aryl methyl sites for hydroxylation is 1. The highest BCUT2D eigenvalue weighted by Gasteiger charge is 2.19. The Morgan fingerprint density at radius 3 is 2.42 bits per heavy atom. The molecular weight excluding hydrogens is 344 g/mol. The van der Waals surface area contributed by atoms with Gasteiger partial charge in [0.2, 0.25) is 0 Å². The molecule has 2 rings (SSSR count). The Balaban J connectivity index is 2.29. The van der Waals surface area contributed by atoms with Gasteiger partial charge in [0.25, 0.3) is 5.91 Å². The first-order chi connectivity index (χ1) is 12.2. The minimum Gasteiger partial charge on any atom is -0.507 e. The average molecular weight is 373 g/mol.